The zero-order chi connectivity index (χ0) is 9.80. The molecule has 82 valence electrons. The molecule has 0 aromatic rings. The second-order valence-electron chi connectivity index (χ2n) is 4.94. The van der Waals surface area contributed by atoms with Crippen LogP contribution >= 0.6 is 0 Å². The van der Waals surface area contributed by atoms with Gasteiger partial charge in [-0.25, -0.2) is 0 Å². The van der Waals surface area contributed by atoms with Gasteiger partial charge in [0, 0.05) is 12.6 Å². The molecule has 0 bridgehead atoms. The number of rotatable bonds is 3. The van der Waals surface area contributed by atoms with Gasteiger partial charge in [-0.1, -0.05) is 6.42 Å². The first-order valence-electron chi connectivity index (χ1n) is 6.26. The summed E-state index contributed by atoms with van der Waals surface area (Å²) in [6, 6.07) is 0.782. The fraction of sp³-hybridized carbons (Fsp3) is 1.00. The van der Waals surface area contributed by atoms with E-state index in [1.54, 1.807) is 0 Å². The first-order chi connectivity index (χ1) is 6.92. The monoisotopic (exact) mass is 197 g/mol. The van der Waals surface area contributed by atoms with Gasteiger partial charge in [-0.15, -0.1) is 0 Å². The normalized spacial score (nSPS) is 37.9. The van der Waals surface area contributed by atoms with Crippen LogP contribution < -0.4 is 5.32 Å². The Morgan fingerprint density at radius 3 is 2.86 bits per heavy atom. The van der Waals surface area contributed by atoms with Gasteiger partial charge in [0.25, 0.3) is 0 Å². The number of aliphatic hydroxyl groups is 1. The van der Waals surface area contributed by atoms with Crippen LogP contribution in [0.2, 0.25) is 0 Å². The lowest BCUT2D eigenvalue weighted by Crippen LogP contribution is -2.48. The lowest BCUT2D eigenvalue weighted by molar-refractivity contribution is 0.132. The summed E-state index contributed by atoms with van der Waals surface area (Å²) in [5.41, 5.74) is 0. The van der Waals surface area contributed by atoms with Crippen molar-refractivity contribution in [1.82, 2.24) is 5.32 Å². The maximum Gasteiger partial charge on any atom is 0.0431 e. The maximum absolute atomic E-state index is 8.87. The SMILES string of the molecule is OCCC[C@H]1CCC[C@@H]2CCCN[C@H]12. The van der Waals surface area contributed by atoms with Gasteiger partial charge in [-0.3, -0.25) is 0 Å². The fourth-order valence-corrected chi connectivity index (χ4v) is 3.35. The highest BCUT2D eigenvalue weighted by Crippen LogP contribution is 2.36. The average Bonchev–Trinajstić information content (AvgIpc) is 2.26. The fourth-order valence-electron chi connectivity index (χ4n) is 3.35. The molecule has 2 rings (SSSR count). The summed E-state index contributed by atoms with van der Waals surface area (Å²) in [5, 5.41) is 12.6. The molecule has 2 fully saturated rings. The van der Waals surface area contributed by atoms with E-state index in [2.05, 4.69) is 5.32 Å². The van der Waals surface area contributed by atoms with Crippen molar-refractivity contribution < 1.29 is 5.11 Å². The van der Waals surface area contributed by atoms with E-state index in [0.29, 0.717) is 6.61 Å². The molecule has 2 heteroatoms. The summed E-state index contributed by atoms with van der Waals surface area (Å²) in [6.45, 7) is 1.59. The third-order valence-corrected chi connectivity index (χ3v) is 4.03. The van der Waals surface area contributed by atoms with Gasteiger partial charge >= 0.3 is 0 Å². The van der Waals surface area contributed by atoms with E-state index in [-0.39, 0.29) is 0 Å². The lowest BCUT2D eigenvalue weighted by Gasteiger charge is -2.42. The predicted molar refractivity (Wildman–Crippen MR) is 58.2 cm³/mol. The molecule has 0 radical (unpaired) electrons. The van der Waals surface area contributed by atoms with Crippen molar-refractivity contribution in [2.45, 2.75) is 51.0 Å². The Labute approximate surface area is 87.1 Å². The van der Waals surface area contributed by atoms with Crippen LogP contribution in [0.1, 0.15) is 44.9 Å². The van der Waals surface area contributed by atoms with Crippen LogP contribution in [-0.4, -0.2) is 24.3 Å². The zero-order valence-electron chi connectivity index (χ0n) is 9.04. The van der Waals surface area contributed by atoms with Crippen molar-refractivity contribution in [3.8, 4) is 0 Å². The van der Waals surface area contributed by atoms with E-state index < -0.39 is 0 Å². The third kappa shape index (κ3) is 2.29. The molecule has 0 aromatic carbocycles. The second kappa shape index (κ2) is 5.13. The van der Waals surface area contributed by atoms with Crippen LogP contribution in [-0.2, 0) is 0 Å². The Balaban J connectivity index is 1.88. The molecule has 1 aliphatic carbocycles. The highest BCUT2D eigenvalue weighted by Gasteiger charge is 2.33. The number of nitrogens with one attached hydrogen (secondary N) is 1. The van der Waals surface area contributed by atoms with E-state index in [1.807, 2.05) is 0 Å². The number of hydrogen-bond donors (Lipinski definition) is 2. The number of piperidine rings is 1. The average molecular weight is 197 g/mol. The Hall–Kier alpha value is -0.0800. The second-order valence-corrected chi connectivity index (χ2v) is 4.94. The Kier molecular flexibility index (Phi) is 3.82. The van der Waals surface area contributed by atoms with Crippen molar-refractivity contribution >= 4 is 0 Å². The van der Waals surface area contributed by atoms with Crippen molar-refractivity contribution in [1.29, 1.82) is 0 Å². The standard InChI is InChI=1S/C12H23NO/c14-9-3-7-11-5-1-4-10-6-2-8-13-12(10)11/h10-14H,1-9H2/t10-,11-,12+/m1/s1. The summed E-state index contributed by atoms with van der Waals surface area (Å²) in [4.78, 5) is 0. The predicted octanol–water partition coefficient (Wildman–Crippen LogP) is 1.93. The molecule has 2 N–H and O–H groups in total. The molecule has 2 nitrogen and oxygen atoms in total. The highest BCUT2D eigenvalue weighted by atomic mass is 16.2. The van der Waals surface area contributed by atoms with Gasteiger partial charge in [0.05, 0.1) is 0 Å². The van der Waals surface area contributed by atoms with Gasteiger partial charge in [0.15, 0.2) is 0 Å². The Morgan fingerprint density at radius 2 is 2.00 bits per heavy atom. The van der Waals surface area contributed by atoms with E-state index in [4.69, 9.17) is 5.11 Å². The van der Waals surface area contributed by atoms with Crippen molar-refractivity contribution in [3.63, 3.8) is 0 Å². The molecular weight excluding hydrogens is 174 g/mol. The minimum atomic E-state index is 0.369. The van der Waals surface area contributed by atoms with Crippen molar-refractivity contribution in [2.24, 2.45) is 11.8 Å². The molecule has 14 heavy (non-hydrogen) atoms. The summed E-state index contributed by atoms with van der Waals surface area (Å²) in [7, 11) is 0. The minimum absolute atomic E-state index is 0.369. The van der Waals surface area contributed by atoms with E-state index >= 15 is 0 Å². The molecule has 3 atom stereocenters. The highest BCUT2D eigenvalue weighted by molar-refractivity contribution is 4.90. The van der Waals surface area contributed by atoms with Crippen LogP contribution in [0.4, 0.5) is 0 Å². The summed E-state index contributed by atoms with van der Waals surface area (Å²) in [6.07, 6.45) is 9.27. The molecule has 1 aliphatic heterocycles. The van der Waals surface area contributed by atoms with E-state index in [0.717, 1.165) is 24.3 Å². The van der Waals surface area contributed by atoms with Crippen molar-refractivity contribution in [2.75, 3.05) is 13.2 Å². The van der Waals surface area contributed by atoms with Gasteiger partial charge in [-0.2, -0.15) is 0 Å². The van der Waals surface area contributed by atoms with Crippen LogP contribution in [0.15, 0.2) is 0 Å². The number of hydrogen-bond acceptors (Lipinski definition) is 2. The summed E-state index contributed by atoms with van der Waals surface area (Å²) >= 11 is 0. The smallest absolute Gasteiger partial charge is 0.0431 e. The summed E-state index contributed by atoms with van der Waals surface area (Å²) < 4.78 is 0. The molecule has 0 spiro atoms. The van der Waals surface area contributed by atoms with Gasteiger partial charge < -0.3 is 10.4 Å². The Morgan fingerprint density at radius 1 is 1.14 bits per heavy atom. The maximum atomic E-state index is 8.87. The molecule has 2 aliphatic rings. The van der Waals surface area contributed by atoms with Crippen LogP contribution in [0.5, 0.6) is 0 Å². The first-order valence-corrected chi connectivity index (χ1v) is 6.26. The molecule has 0 unspecified atom stereocenters. The van der Waals surface area contributed by atoms with Gasteiger partial charge in [0.1, 0.15) is 0 Å². The van der Waals surface area contributed by atoms with Crippen LogP contribution in [0.3, 0.4) is 0 Å². The zero-order valence-corrected chi connectivity index (χ0v) is 9.04. The molecule has 1 saturated carbocycles. The Bertz CT molecular complexity index is 170. The van der Waals surface area contributed by atoms with Crippen molar-refractivity contribution in [3.05, 3.63) is 0 Å². The van der Waals surface area contributed by atoms with Gasteiger partial charge in [-0.05, 0) is 56.9 Å². The molecule has 0 amide bonds. The largest absolute Gasteiger partial charge is 0.396 e. The quantitative estimate of drug-likeness (QED) is 0.724. The van der Waals surface area contributed by atoms with Gasteiger partial charge in [0.2, 0.25) is 0 Å². The minimum Gasteiger partial charge on any atom is -0.396 e. The summed E-state index contributed by atoms with van der Waals surface area (Å²) in [5.74, 6) is 1.79. The lowest BCUT2D eigenvalue weighted by atomic mass is 9.72. The molecular formula is C12H23NO. The van der Waals surface area contributed by atoms with E-state index in [9.17, 15) is 0 Å². The molecule has 0 aromatic heterocycles. The number of aliphatic hydroxyl groups excluding tert-OH is 1. The van der Waals surface area contributed by atoms with Crippen LogP contribution in [0.25, 0.3) is 0 Å². The molecule has 1 saturated heterocycles. The third-order valence-electron chi connectivity index (χ3n) is 4.03. The topological polar surface area (TPSA) is 32.3 Å². The number of fused-ring (bicyclic) bond motifs is 1. The molecule has 1 heterocycles. The first kappa shape index (κ1) is 10.4. The van der Waals surface area contributed by atoms with E-state index in [1.165, 1.54) is 45.1 Å². The van der Waals surface area contributed by atoms with Crippen LogP contribution in [0, 0.1) is 11.8 Å².